The van der Waals surface area contributed by atoms with Gasteiger partial charge in [0.05, 0.1) is 4.90 Å². The molecule has 0 spiro atoms. The van der Waals surface area contributed by atoms with Crippen molar-refractivity contribution in [3.05, 3.63) is 65.1 Å². The molecule has 0 radical (unpaired) electrons. The molecule has 0 amide bonds. The molecule has 3 heteroatoms. The lowest BCUT2D eigenvalue weighted by atomic mass is 10.1. The minimum atomic E-state index is 0.945. The third-order valence-corrected chi connectivity index (χ3v) is 5.17. The van der Waals surface area contributed by atoms with Gasteiger partial charge in [0, 0.05) is 15.4 Å². The second-order valence-electron chi connectivity index (χ2n) is 5.13. The van der Waals surface area contributed by atoms with Gasteiger partial charge < -0.3 is 4.42 Å². The molecule has 0 saturated carbocycles. The first-order valence-corrected chi connectivity index (χ1v) is 9.04. The predicted octanol–water partition coefficient (Wildman–Crippen LogP) is 6.74. The summed E-state index contributed by atoms with van der Waals surface area (Å²) in [6.45, 7) is 0. The smallest absolute Gasteiger partial charge is 0.148 e. The number of halogens is 1. The summed E-state index contributed by atoms with van der Waals surface area (Å²) in [4.78, 5) is 1.20. The highest BCUT2D eigenvalue weighted by Gasteiger charge is 2.17. The van der Waals surface area contributed by atoms with Gasteiger partial charge in [0.25, 0.3) is 0 Å². The van der Waals surface area contributed by atoms with Crippen LogP contribution in [-0.2, 0) is 0 Å². The van der Waals surface area contributed by atoms with Crippen molar-refractivity contribution in [2.75, 3.05) is 6.26 Å². The zero-order chi connectivity index (χ0) is 15.1. The van der Waals surface area contributed by atoms with E-state index in [1.54, 1.807) is 11.8 Å². The number of hydrogen-bond donors (Lipinski definition) is 0. The van der Waals surface area contributed by atoms with E-state index in [0.717, 1.165) is 21.4 Å². The van der Waals surface area contributed by atoms with Gasteiger partial charge >= 0.3 is 0 Å². The molecule has 0 fully saturated rings. The molecule has 108 valence electrons. The number of furan rings is 1. The lowest BCUT2D eigenvalue weighted by Crippen LogP contribution is -1.78. The third kappa shape index (κ3) is 2.16. The van der Waals surface area contributed by atoms with Crippen molar-refractivity contribution in [2.45, 2.75) is 4.90 Å². The summed E-state index contributed by atoms with van der Waals surface area (Å²) in [6, 6.07) is 20.9. The fourth-order valence-electron chi connectivity index (χ4n) is 2.83. The first kappa shape index (κ1) is 13.9. The van der Waals surface area contributed by atoms with Crippen LogP contribution >= 0.6 is 27.7 Å². The SMILES string of the molecule is CSc1c(-c2ccc(Br)cc2)oc2ccc3ccccc3c12. The van der Waals surface area contributed by atoms with E-state index in [0.29, 0.717) is 0 Å². The van der Waals surface area contributed by atoms with Crippen LogP contribution in [0.2, 0.25) is 0 Å². The van der Waals surface area contributed by atoms with E-state index in [2.05, 4.69) is 70.7 Å². The quantitative estimate of drug-likeness (QED) is 0.363. The highest BCUT2D eigenvalue weighted by molar-refractivity contribution is 9.10. The third-order valence-electron chi connectivity index (χ3n) is 3.85. The molecule has 22 heavy (non-hydrogen) atoms. The molecule has 0 aliphatic heterocycles. The maximum atomic E-state index is 6.19. The van der Waals surface area contributed by atoms with Crippen molar-refractivity contribution in [1.82, 2.24) is 0 Å². The van der Waals surface area contributed by atoms with Gasteiger partial charge in [-0.25, -0.2) is 0 Å². The zero-order valence-corrected chi connectivity index (χ0v) is 14.4. The normalized spacial score (nSPS) is 11.4. The van der Waals surface area contributed by atoms with Crippen molar-refractivity contribution in [3.63, 3.8) is 0 Å². The van der Waals surface area contributed by atoms with Crippen LogP contribution < -0.4 is 0 Å². The predicted molar refractivity (Wildman–Crippen MR) is 98.6 cm³/mol. The molecule has 0 aliphatic carbocycles. The van der Waals surface area contributed by atoms with Crippen molar-refractivity contribution in [3.8, 4) is 11.3 Å². The Kier molecular flexibility index (Phi) is 3.47. The molecule has 1 heterocycles. The van der Waals surface area contributed by atoms with Crippen LogP contribution in [0.3, 0.4) is 0 Å². The Morgan fingerprint density at radius 1 is 0.909 bits per heavy atom. The molecular formula is C19H13BrOS. The number of benzene rings is 3. The highest BCUT2D eigenvalue weighted by Crippen LogP contribution is 2.42. The summed E-state index contributed by atoms with van der Waals surface area (Å²) >= 11 is 5.22. The number of rotatable bonds is 2. The number of fused-ring (bicyclic) bond motifs is 3. The van der Waals surface area contributed by atoms with Gasteiger partial charge in [-0.05, 0) is 35.2 Å². The fourth-order valence-corrected chi connectivity index (χ4v) is 3.85. The van der Waals surface area contributed by atoms with Gasteiger partial charge in [0.2, 0.25) is 0 Å². The molecule has 0 N–H and O–H groups in total. The van der Waals surface area contributed by atoms with Crippen LogP contribution in [0, 0.1) is 0 Å². The Bertz CT molecular complexity index is 970. The van der Waals surface area contributed by atoms with E-state index in [1.807, 2.05) is 12.1 Å². The van der Waals surface area contributed by atoms with Crippen LogP contribution in [-0.4, -0.2) is 6.26 Å². The first-order chi connectivity index (χ1) is 10.8. The Morgan fingerprint density at radius 3 is 2.45 bits per heavy atom. The summed E-state index contributed by atoms with van der Waals surface area (Å²) < 4.78 is 7.26. The Labute approximate surface area is 141 Å². The number of hydrogen-bond acceptors (Lipinski definition) is 2. The van der Waals surface area contributed by atoms with Crippen molar-refractivity contribution < 1.29 is 4.42 Å². The monoisotopic (exact) mass is 368 g/mol. The lowest BCUT2D eigenvalue weighted by molar-refractivity contribution is 0.625. The maximum Gasteiger partial charge on any atom is 0.148 e. The molecule has 1 aromatic heterocycles. The minimum Gasteiger partial charge on any atom is -0.455 e. The van der Waals surface area contributed by atoms with Crippen LogP contribution in [0.15, 0.2) is 74.4 Å². The molecule has 0 atom stereocenters. The summed E-state index contributed by atoms with van der Waals surface area (Å²) in [7, 11) is 0. The lowest BCUT2D eigenvalue weighted by Gasteiger charge is -2.02. The van der Waals surface area contributed by atoms with Gasteiger partial charge in [-0.3, -0.25) is 0 Å². The van der Waals surface area contributed by atoms with E-state index in [1.165, 1.54) is 21.1 Å². The average Bonchev–Trinajstić information content (AvgIpc) is 2.94. The van der Waals surface area contributed by atoms with Gasteiger partial charge in [-0.1, -0.05) is 58.4 Å². The number of thioether (sulfide) groups is 1. The Balaban J connectivity index is 2.08. The van der Waals surface area contributed by atoms with E-state index in [-0.39, 0.29) is 0 Å². The van der Waals surface area contributed by atoms with Crippen molar-refractivity contribution in [2.24, 2.45) is 0 Å². The van der Waals surface area contributed by atoms with Crippen molar-refractivity contribution in [1.29, 1.82) is 0 Å². The largest absolute Gasteiger partial charge is 0.455 e. The molecule has 0 aliphatic rings. The summed E-state index contributed by atoms with van der Waals surface area (Å²) in [6.07, 6.45) is 2.11. The standard InChI is InChI=1S/C19H13BrOS/c1-22-19-17-15-5-3-2-4-12(15)8-11-16(17)21-18(19)13-6-9-14(20)10-7-13/h2-11H,1H3. The van der Waals surface area contributed by atoms with Crippen LogP contribution in [0.4, 0.5) is 0 Å². The summed E-state index contributed by atoms with van der Waals surface area (Å²) in [5.74, 6) is 0.950. The second kappa shape index (κ2) is 5.49. The maximum absolute atomic E-state index is 6.19. The molecule has 3 aromatic carbocycles. The minimum absolute atomic E-state index is 0.945. The van der Waals surface area contributed by atoms with Crippen LogP contribution in [0.1, 0.15) is 0 Å². The second-order valence-corrected chi connectivity index (χ2v) is 6.86. The van der Waals surface area contributed by atoms with E-state index in [4.69, 9.17) is 4.42 Å². The van der Waals surface area contributed by atoms with Crippen molar-refractivity contribution >= 4 is 49.4 Å². The molecule has 4 aromatic rings. The highest BCUT2D eigenvalue weighted by atomic mass is 79.9. The molecule has 0 unspecified atom stereocenters. The van der Waals surface area contributed by atoms with E-state index < -0.39 is 0 Å². The molecular weight excluding hydrogens is 356 g/mol. The Morgan fingerprint density at radius 2 is 1.68 bits per heavy atom. The topological polar surface area (TPSA) is 13.1 Å². The average molecular weight is 369 g/mol. The molecule has 0 saturated heterocycles. The van der Waals surface area contributed by atoms with Crippen LogP contribution in [0.25, 0.3) is 33.1 Å². The molecule has 4 rings (SSSR count). The first-order valence-electron chi connectivity index (χ1n) is 7.02. The van der Waals surface area contributed by atoms with Gasteiger partial charge in [0.1, 0.15) is 11.3 Å². The van der Waals surface area contributed by atoms with E-state index >= 15 is 0 Å². The molecule has 0 bridgehead atoms. The zero-order valence-electron chi connectivity index (χ0n) is 12.0. The summed E-state index contributed by atoms with van der Waals surface area (Å²) in [5, 5.41) is 3.70. The fraction of sp³-hybridized carbons (Fsp3) is 0.0526. The van der Waals surface area contributed by atoms with Crippen LogP contribution in [0.5, 0.6) is 0 Å². The van der Waals surface area contributed by atoms with Gasteiger partial charge in [0.15, 0.2) is 0 Å². The Hall–Kier alpha value is -1.71. The van der Waals surface area contributed by atoms with Gasteiger partial charge in [-0.2, -0.15) is 0 Å². The van der Waals surface area contributed by atoms with E-state index in [9.17, 15) is 0 Å². The summed E-state index contributed by atoms with van der Waals surface area (Å²) in [5.41, 5.74) is 2.05. The molecule has 1 nitrogen and oxygen atoms in total. The van der Waals surface area contributed by atoms with Gasteiger partial charge in [-0.15, -0.1) is 11.8 Å².